The molecular formula is C21H21ClN4O3. The smallest absolute Gasteiger partial charge is 0.222 e. The van der Waals surface area contributed by atoms with E-state index in [-0.39, 0.29) is 5.91 Å². The van der Waals surface area contributed by atoms with Crippen LogP contribution in [0.4, 0.5) is 5.82 Å². The van der Waals surface area contributed by atoms with Crippen LogP contribution in [0.15, 0.2) is 42.6 Å². The second-order valence-corrected chi connectivity index (χ2v) is 7.28. The lowest BCUT2D eigenvalue weighted by atomic mass is 10.0. The summed E-state index contributed by atoms with van der Waals surface area (Å²) < 4.78 is 5.40. The van der Waals surface area contributed by atoms with Gasteiger partial charge in [-0.25, -0.2) is 9.97 Å². The third kappa shape index (κ3) is 4.23. The van der Waals surface area contributed by atoms with Gasteiger partial charge in [-0.05, 0) is 24.3 Å². The van der Waals surface area contributed by atoms with E-state index >= 15 is 0 Å². The number of halogens is 1. The first-order valence-corrected chi connectivity index (χ1v) is 9.74. The summed E-state index contributed by atoms with van der Waals surface area (Å²) in [6, 6.07) is 11.0. The zero-order chi connectivity index (χ0) is 20.4. The molecule has 1 saturated heterocycles. The maximum Gasteiger partial charge on any atom is 0.222 e. The summed E-state index contributed by atoms with van der Waals surface area (Å²) in [5.74, 6) is 0.283. The molecule has 7 nitrogen and oxygen atoms in total. The first-order valence-electron chi connectivity index (χ1n) is 9.36. The number of amides is 1. The van der Waals surface area contributed by atoms with Crippen LogP contribution in [-0.4, -0.2) is 52.2 Å². The molecule has 1 atom stereocenters. The molecule has 150 valence electrons. The van der Waals surface area contributed by atoms with Crippen molar-refractivity contribution in [2.75, 3.05) is 31.6 Å². The van der Waals surface area contributed by atoms with Gasteiger partial charge < -0.3 is 15.2 Å². The molecule has 1 unspecified atom stereocenters. The minimum absolute atomic E-state index is 0.184. The molecule has 0 spiro atoms. The minimum atomic E-state index is -0.798. The number of nitrogens with zero attached hydrogens (tertiary/aromatic N) is 3. The third-order valence-corrected chi connectivity index (χ3v) is 5.16. The Kier molecular flexibility index (Phi) is 5.73. The third-order valence-electron chi connectivity index (χ3n) is 4.86. The van der Waals surface area contributed by atoms with Crippen LogP contribution in [0.3, 0.4) is 0 Å². The van der Waals surface area contributed by atoms with Gasteiger partial charge in [0.15, 0.2) is 0 Å². The number of fused-ring (bicyclic) bond motifs is 1. The number of para-hydroxylation sites is 1. The van der Waals surface area contributed by atoms with E-state index < -0.39 is 6.23 Å². The average molecular weight is 413 g/mol. The average Bonchev–Trinajstić information content (AvgIpc) is 2.74. The second-order valence-electron chi connectivity index (χ2n) is 6.87. The SMILES string of the molecule is CC(=O)Nc1ccc(-c2cc(C(O)N3CCOCC3)c3cccc(Cl)c3n2)cn1. The first kappa shape index (κ1) is 19.7. The van der Waals surface area contributed by atoms with Crippen LogP contribution in [0.2, 0.25) is 5.02 Å². The summed E-state index contributed by atoms with van der Waals surface area (Å²) in [6.45, 7) is 3.90. The summed E-state index contributed by atoms with van der Waals surface area (Å²) in [7, 11) is 0. The van der Waals surface area contributed by atoms with E-state index in [1.165, 1.54) is 6.92 Å². The number of morpholine rings is 1. The maximum absolute atomic E-state index is 11.2. The number of benzene rings is 1. The number of anilines is 1. The fraction of sp³-hybridized carbons (Fsp3) is 0.286. The number of rotatable bonds is 4. The fourth-order valence-electron chi connectivity index (χ4n) is 3.42. The second kappa shape index (κ2) is 8.42. The van der Waals surface area contributed by atoms with E-state index in [2.05, 4.69) is 10.3 Å². The molecule has 3 heterocycles. The van der Waals surface area contributed by atoms with Gasteiger partial charge in [0, 0.05) is 42.7 Å². The molecular weight excluding hydrogens is 392 g/mol. The van der Waals surface area contributed by atoms with Gasteiger partial charge in [0.1, 0.15) is 12.0 Å². The Morgan fingerprint density at radius 1 is 1.28 bits per heavy atom. The molecule has 3 aromatic rings. The summed E-state index contributed by atoms with van der Waals surface area (Å²) in [5, 5.41) is 15.1. The van der Waals surface area contributed by atoms with Crippen LogP contribution in [0.25, 0.3) is 22.2 Å². The number of aliphatic hydroxyl groups excluding tert-OH is 1. The van der Waals surface area contributed by atoms with Crippen molar-refractivity contribution in [1.82, 2.24) is 14.9 Å². The summed E-state index contributed by atoms with van der Waals surface area (Å²) >= 11 is 6.42. The molecule has 1 amide bonds. The predicted octanol–water partition coefficient (Wildman–Crippen LogP) is 3.23. The molecule has 0 radical (unpaired) electrons. The van der Waals surface area contributed by atoms with E-state index in [1.54, 1.807) is 18.3 Å². The van der Waals surface area contributed by atoms with Gasteiger partial charge in [-0.2, -0.15) is 0 Å². The van der Waals surface area contributed by atoms with Gasteiger partial charge in [-0.3, -0.25) is 9.69 Å². The van der Waals surface area contributed by atoms with Crippen LogP contribution in [0.5, 0.6) is 0 Å². The van der Waals surface area contributed by atoms with Crippen molar-refractivity contribution in [3.8, 4) is 11.3 Å². The topological polar surface area (TPSA) is 87.6 Å². The Bertz CT molecular complexity index is 1040. The number of hydrogen-bond donors (Lipinski definition) is 2. The lowest BCUT2D eigenvalue weighted by Crippen LogP contribution is -2.39. The maximum atomic E-state index is 11.2. The summed E-state index contributed by atoms with van der Waals surface area (Å²) in [5.41, 5.74) is 2.77. The molecule has 0 saturated carbocycles. The number of carbonyl (C=O) groups is 1. The zero-order valence-corrected chi connectivity index (χ0v) is 16.7. The number of aliphatic hydroxyl groups is 1. The van der Waals surface area contributed by atoms with Crippen LogP contribution < -0.4 is 5.32 Å². The summed E-state index contributed by atoms with van der Waals surface area (Å²) in [6.07, 6.45) is 0.842. The molecule has 1 aliphatic heterocycles. The van der Waals surface area contributed by atoms with Crippen LogP contribution in [0.1, 0.15) is 18.7 Å². The van der Waals surface area contributed by atoms with E-state index in [9.17, 15) is 9.90 Å². The van der Waals surface area contributed by atoms with E-state index in [0.29, 0.717) is 48.4 Å². The number of ether oxygens (including phenoxy) is 1. The van der Waals surface area contributed by atoms with Gasteiger partial charge in [-0.15, -0.1) is 0 Å². The molecule has 0 aliphatic carbocycles. The number of nitrogens with one attached hydrogen (secondary N) is 1. The van der Waals surface area contributed by atoms with Crippen LogP contribution in [0, 0.1) is 0 Å². The van der Waals surface area contributed by atoms with Crippen molar-refractivity contribution in [3.05, 3.63) is 53.2 Å². The Morgan fingerprint density at radius 3 is 2.76 bits per heavy atom. The number of pyridine rings is 2. The number of aromatic nitrogens is 2. The molecule has 4 rings (SSSR count). The quantitative estimate of drug-likeness (QED) is 0.684. The lowest BCUT2D eigenvalue weighted by Gasteiger charge is -2.32. The molecule has 0 bridgehead atoms. The number of hydrogen-bond acceptors (Lipinski definition) is 6. The van der Waals surface area contributed by atoms with Crippen molar-refractivity contribution in [1.29, 1.82) is 0 Å². The highest BCUT2D eigenvalue weighted by Crippen LogP contribution is 2.33. The molecule has 2 N–H and O–H groups in total. The fourth-order valence-corrected chi connectivity index (χ4v) is 3.64. The van der Waals surface area contributed by atoms with Crippen molar-refractivity contribution < 1.29 is 14.6 Å². The van der Waals surface area contributed by atoms with Crippen molar-refractivity contribution >= 4 is 34.2 Å². The van der Waals surface area contributed by atoms with Crippen molar-refractivity contribution in [3.63, 3.8) is 0 Å². The largest absolute Gasteiger partial charge is 0.379 e. The van der Waals surface area contributed by atoms with Gasteiger partial charge in [0.05, 0.1) is 29.4 Å². The summed E-state index contributed by atoms with van der Waals surface area (Å²) in [4.78, 5) is 22.2. The molecule has 29 heavy (non-hydrogen) atoms. The molecule has 1 aromatic carbocycles. The molecule has 1 fully saturated rings. The highest BCUT2D eigenvalue weighted by Gasteiger charge is 2.23. The van der Waals surface area contributed by atoms with Crippen LogP contribution in [-0.2, 0) is 9.53 Å². The standard InChI is InChI=1S/C21H21ClN4O3/c1-13(27)24-19-6-5-14(12-23-19)18-11-16(21(28)26-7-9-29-10-8-26)15-3-2-4-17(22)20(15)25-18/h2-6,11-12,21,28H,7-10H2,1H3,(H,23,24,27). The lowest BCUT2D eigenvalue weighted by molar-refractivity contribution is -0.114. The van der Waals surface area contributed by atoms with Gasteiger partial charge in [0.25, 0.3) is 0 Å². The normalized spacial score (nSPS) is 16.0. The van der Waals surface area contributed by atoms with Gasteiger partial charge in [-0.1, -0.05) is 23.7 Å². The van der Waals surface area contributed by atoms with E-state index in [4.69, 9.17) is 21.3 Å². The van der Waals surface area contributed by atoms with Crippen LogP contribution >= 0.6 is 11.6 Å². The Balaban J connectivity index is 1.78. The molecule has 1 aliphatic rings. The van der Waals surface area contributed by atoms with Gasteiger partial charge in [0.2, 0.25) is 5.91 Å². The first-order chi connectivity index (χ1) is 14.0. The monoisotopic (exact) mass is 412 g/mol. The van der Waals surface area contributed by atoms with Gasteiger partial charge >= 0.3 is 0 Å². The highest BCUT2D eigenvalue weighted by molar-refractivity contribution is 6.35. The highest BCUT2D eigenvalue weighted by atomic mass is 35.5. The Morgan fingerprint density at radius 2 is 2.07 bits per heavy atom. The van der Waals surface area contributed by atoms with Crippen molar-refractivity contribution in [2.45, 2.75) is 13.2 Å². The molecule has 8 heteroatoms. The van der Waals surface area contributed by atoms with E-state index in [0.717, 1.165) is 16.5 Å². The minimum Gasteiger partial charge on any atom is -0.379 e. The Labute approximate surface area is 173 Å². The predicted molar refractivity (Wildman–Crippen MR) is 112 cm³/mol. The number of carbonyl (C=O) groups excluding carboxylic acids is 1. The Hall–Kier alpha value is -2.58. The van der Waals surface area contributed by atoms with Crippen molar-refractivity contribution in [2.24, 2.45) is 0 Å². The molecule has 2 aromatic heterocycles. The zero-order valence-electron chi connectivity index (χ0n) is 15.9. The van der Waals surface area contributed by atoms with E-state index in [1.807, 2.05) is 29.2 Å².